The number of aryl methyl sites for hydroxylation is 1. The van der Waals surface area contributed by atoms with E-state index in [4.69, 9.17) is 4.74 Å². The van der Waals surface area contributed by atoms with E-state index in [0.29, 0.717) is 4.90 Å². The van der Waals surface area contributed by atoms with Gasteiger partial charge in [0, 0.05) is 4.90 Å². The first-order chi connectivity index (χ1) is 11.8. The number of rotatable bonds is 7. The van der Waals surface area contributed by atoms with Gasteiger partial charge >= 0.3 is 0 Å². The van der Waals surface area contributed by atoms with Crippen molar-refractivity contribution in [3.63, 3.8) is 0 Å². The lowest BCUT2D eigenvalue weighted by Crippen LogP contribution is -2.42. The fourth-order valence-electron chi connectivity index (χ4n) is 1.91. The van der Waals surface area contributed by atoms with Gasteiger partial charge in [0.05, 0.1) is 12.9 Å². The lowest BCUT2D eigenvalue weighted by molar-refractivity contribution is -0.119. The maximum Gasteiger partial charge on any atom is 0.261 e. The first-order valence-electron chi connectivity index (χ1n) is 7.16. The normalized spacial score (nSPS) is 11.2. The third-order valence-electron chi connectivity index (χ3n) is 3.13. The minimum Gasteiger partial charge on any atom is -0.495 e. The second-order valence-electron chi connectivity index (χ2n) is 5.03. The smallest absolute Gasteiger partial charge is 0.261 e. The summed E-state index contributed by atoms with van der Waals surface area (Å²) in [7, 11) is -2.65. The van der Waals surface area contributed by atoms with Gasteiger partial charge in [0.2, 0.25) is 5.91 Å². The van der Waals surface area contributed by atoms with Gasteiger partial charge in [-0.15, -0.1) is 16.6 Å². The van der Waals surface area contributed by atoms with Gasteiger partial charge in [-0.25, -0.2) is 12.8 Å². The topological polar surface area (TPSA) is 84.5 Å². The van der Waals surface area contributed by atoms with Crippen LogP contribution in [0.15, 0.2) is 52.3 Å². The second-order valence-corrected chi connectivity index (χ2v) is 7.70. The lowest BCUT2D eigenvalue weighted by atomic mass is 10.2. The van der Waals surface area contributed by atoms with Crippen LogP contribution in [0.5, 0.6) is 5.75 Å². The lowest BCUT2D eigenvalue weighted by Gasteiger charge is -2.12. The van der Waals surface area contributed by atoms with Gasteiger partial charge in [-0.3, -0.25) is 10.2 Å². The fraction of sp³-hybridized carbons (Fsp3) is 0.188. The molecule has 0 bridgehead atoms. The number of carbonyl (C=O) groups is 1. The van der Waals surface area contributed by atoms with Gasteiger partial charge in [0.1, 0.15) is 16.5 Å². The summed E-state index contributed by atoms with van der Waals surface area (Å²) in [6.07, 6.45) is 0. The summed E-state index contributed by atoms with van der Waals surface area (Å²) in [6, 6.07) is 10.7. The highest BCUT2D eigenvalue weighted by Crippen LogP contribution is 2.24. The molecule has 0 saturated heterocycles. The Morgan fingerprint density at radius 3 is 2.64 bits per heavy atom. The Labute approximate surface area is 149 Å². The summed E-state index contributed by atoms with van der Waals surface area (Å²) in [5.74, 6) is -1.03. The van der Waals surface area contributed by atoms with Crippen LogP contribution in [0, 0.1) is 12.7 Å². The zero-order valence-electron chi connectivity index (χ0n) is 13.6. The van der Waals surface area contributed by atoms with E-state index in [2.05, 4.69) is 5.43 Å². The molecule has 0 spiro atoms. The number of hydrogen-bond donors (Lipinski definition) is 2. The van der Waals surface area contributed by atoms with Crippen molar-refractivity contribution in [3.05, 3.63) is 53.8 Å². The molecule has 2 rings (SSSR count). The highest BCUT2D eigenvalue weighted by Gasteiger charge is 2.20. The number of nitrogens with one attached hydrogen (secondary N) is 2. The molecule has 0 radical (unpaired) electrons. The van der Waals surface area contributed by atoms with Gasteiger partial charge in [-0.05, 0) is 36.8 Å². The standard InChI is InChI=1S/C16H17FN2O4S2/c1-11-7-8-13(23-2)15(9-11)25(21,22)19-18-16(20)10-24-14-6-4-3-5-12(14)17/h3-9,19H,10H2,1-2H3,(H,18,20). The highest BCUT2D eigenvalue weighted by atomic mass is 32.2. The van der Waals surface area contributed by atoms with Crippen molar-refractivity contribution in [2.45, 2.75) is 16.7 Å². The predicted molar refractivity (Wildman–Crippen MR) is 93.3 cm³/mol. The van der Waals surface area contributed by atoms with Crippen molar-refractivity contribution in [2.24, 2.45) is 0 Å². The molecule has 0 atom stereocenters. The molecule has 0 saturated carbocycles. The second kappa shape index (κ2) is 8.32. The number of hydrazine groups is 1. The summed E-state index contributed by atoms with van der Waals surface area (Å²) >= 11 is 0.965. The zero-order valence-corrected chi connectivity index (χ0v) is 15.2. The largest absolute Gasteiger partial charge is 0.495 e. The van der Waals surface area contributed by atoms with Gasteiger partial charge in [0.15, 0.2) is 0 Å². The molecule has 134 valence electrons. The molecule has 25 heavy (non-hydrogen) atoms. The number of ether oxygens (including phenoxy) is 1. The molecule has 6 nitrogen and oxygen atoms in total. The Hall–Kier alpha value is -2.10. The van der Waals surface area contributed by atoms with Crippen molar-refractivity contribution in [1.29, 1.82) is 0 Å². The highest BCUT2D eigenvalue weighted by molar-refractivity contribution is 8.00. The number of thioether (sulfide) groups is 1. The number of sulfonamides is 1. The molecule has 0 aliphatic rings. The number of methoxy groups -OCH3 is 1. The first-order valence-corrected chi connectivity index (χ1v) is 9.63. The van der Waals surface area contributed by atoms with E-state index in [1.54, 1.807) is 25.1 Å². The SMILES string of the molecule is COc1ccc(C)cc1S(=O)(=O)NNC(=O)CSc1ccccc1F. The quantitative estimate of drug-likeness (QED) is 0.565. The molecule has 2 aromatic rings. The average Bonchev–Trinajstić information content (AvgIpc) is 2.59. The van der Waals surface area contributed by atoms with E-state index >= 15 is 0 Å². The molecule has 0 aliphatic heterocycles. The summed E-state index contributed by atoms with van der Waals surface area (Å²) < 4.78 is 43.2. The Morgan fingerprint density at radius 2 is 1.96 bits per heavy atom. The number of hydrogen-bond acceptors (Lipinski definition) is 5. The van der Waals surface area contributed by atoms with E-state index in [-0.39, 0.29) is 16.4 Å². The van der Waals surface area contributed by atoms with Crippen LogP contribution >= 0.6 is 11.8 Å². The van der Waals surface area contributed by atoms with E-state index in [0.717, 1.165) is 17.3 Å². The molecule has 0 aliphatic carbocycles. The Bertz CT molecular complexity index is 872. The van der Waals surface area contributed by atoms with Crippen LogP contribution in [-0.4, -0.2) is 27.2 Å². The molecule has 0 unspecified atom stereocenters. The van der Waals surface area contributed by atoms with Crippen LogP contribution in [0.3, 0.4) is 0 Å². The average molecular weight is 384 g/mol. The van der Waals surface area contributed by atoms with Gasteiger partial charge in [-0.2, -0.15) is 0 Å². The molecule has 0 fully saturated rings. The first kappa shape index (κ1) is 19.2. The van der Waals surface area contributed by atoms with Crippen LogP contribution in [0.4, 0.5) is 4.39 Å². The van der Waals surface area contributed by atoms with Crippen LogP contribution in [0.1, 0.15) is 5.56 Å². The molecule has 1 amide bonds. The third kappa shape index (κ3) is 5.18. The van der Waals surface area contributed by atoms with Gasteiger partial charge < -0.3 is 4.74 Å². The Balaban J connectivity index is 1.99. The van der Waals surface area contributed by atoms with E-state index in [1.165, 1.54) is 31.4 Å². The number of halogens is 1. The van der Waals surface area contributed by atoms with Gasteiger partial charge in [-0.1, -0.05) is 18.2 Å². The molecule has 0 heterocycles. The van der Waals surface area contributed by atoms with Crippen molar-refractivity contribution in [2.75, 3.05) is 12.9 Å². The van der Waals surface area contributed by atoms with E-state index < -0.39 is 21.7 Å². The van der Waals surface area contributed by atoms with Crippen LogP contribution in [0.25, 0.3) is 0 Å². The molecule has 0 aromatic heterocycles. The third-order valence-corrected chi connectivity index (χ3v) is 5.45. The molecule has 2 N–H and O–H groups in total. The van der Waals surface area contributed by atoms with Crippen molar-refractivity contribution < 1.29 is 22.3 Å². The van der Waals surface area contributed by atoms with Crippen molar-refractivity contribution in [1.82, 2.24) is 10.3 Å². The molecule has 2 aromatic carbocycles. The van der Waals surface area contributed by atoms with E-state index in [1.807, 2.05) is 4.83 Å². The van der Waals surface area contributed by atoms with Crippen molar-refractivity contribution >= 4 is 27.7 Å². The zero-order chi connectivity index (χ0) is 18.4. The number of amides is 1. The van der Waals surface area contributed by atoms with Crippen LogP contribution in [-0.2, 0) is 14.8 Å². The minimum absolute atomic E-state index is 0.0861. The Morgan fingerprint density at radius 1 is 1.24 bits per heavy atom. The number of benzene rings is 2. The minimum atomic E-state index is -4.00. The van der Waals surface area contributed by atoms with Crippen molar-refractivity contribution in [3.8, 4) is 5.75 Å². The van der Waals surface area contributed by atoms with E-state index in [9.17, 15) is 17.6 Å². The summed E-state index contributed by atoms with van der Waals surface area (Å²) in [4.78, 5) is 14.0. The fourth-order valence-corrected chi connectivity index (χ4v) is 3.77. The predicted octanol–water partition coefficient (Wildman–Crippen LogP) is 2.24. The Kier molecular flexibility index (Phi) is 6.40. The monoisotopic (exact) mass is 384 g/mol. The van der Waals surface area contributed by atoms with Crippen LogP contribution < -0.4 is 15.0 Å². The molecular formula is C16H17FN2O4S2. The number of carbonyl (C=O) groups excluding carboxylic acids is 1. The van der Waals surface area contributed by atoms with Crippen LogP contribution in [0.2, 0.25) is 0 Å². The summed E-state index contributed by atoms with van der Waals surface area (Å²) in [5, 5.41) is 0. The summed E-state index contributed by atoms with van der Waals surface area (Å²) in [6.45, 7) is 1.74. The maximum atomic E-state index is 13.5. The maximum absolute atomic E-state index is 13.5. The van der Waals surface area contributed by atoms with Gasteiger partial charge in [0.25, 0.3) is 10.0 Å². The molecular weight excluding hydrogens is 367 g/mol. The molecule has 9 heteroatoms. The summed E-state index contributed by atoms with van der Waals surface area (Å²) in [5.41, 5.74) is 2.83.